The number of nitrogens with zero attached hydrogens (tertiary/aromatic N) is 1. The van der Waals surface area contributed by atoms with Crippen molar-refractivity contribution in [3.05, 3.63) is 87.9 Å². The second kappa shape index (κ2) is 10.9. The number of ether oxygens (including phenoxy) is 1. The van der Waals surface area contributed by atoms with Crippen molar-refractivity contribution in [1.29, 1.82) is 0 Å². The number of sulfonamides is 1. The lowest BCUT2D eigenvalue weighted by Crippen LogP contribution is -2.38. The maximum Gasteiger partial charge on any atom is 0.339 e. The van der Waals surface area contributed by atoms with Crippen LogP contribution >= 0.6 is 23.2 Å². The largest absolute Gasteiger partial charge is 0.462 e. The molecule has 3 aromatic rings. The zero-order chi connectivity index (χ0) is 24.9. The number of hydrogen-bond acceptors (Lipinski definition) is 5. The number of esters is 1. The van der Waals surface area contributed by atoms with Gasteiger partial charge in [0.15, 0.2) is 0 Å². The van der Waals surface area contributed by atoms with Gasteiger partial charge in [-0.15, -0.1) is 0 Å². The smallest absolute Gasteiger partial charge is 0.339 e. The Morgan fingerprint density at radius 2 is 1.65 bits per heavy atom. The number of carbonyl (C=O) groups is 2. The fourth-order valence-electron chi connectivity index (χ4n) is 3.09. The lowest BCUT2D eigenvalue weighted by atomic mass is 10.2. The average Bonchev–Trinajstić information content (AvgIpc) is 2.79. The third-order valence-electron chi connectivity index (χ3n) is 4.76. The monoisotopic (exact) mass is 520 g/mol. The van der Waals surface area contributed by atoms with Gasteiger partial charge < -0.3 is 10.1 Å². The van der Waals surface area contributed by atoms with Crippen molar-refractivity contribution in [1.82, 2.24) is 0 Å². The summed E-state index contributed by atoms with van der Waals surface area (Å²) in [6, 6.07) is 16.9. The number of para-hydroxylation sites is 1. The van der Waals surface area contributed by atoms with Gasteiger partial charge in [0.25, 0.3) is 10.0 Å². The first-order chi connectivity index (χ1) is 16.1. The summed E-state index contributed by atoms with van der Waals surface area (Å²) in [6.07, 6.45) is 0. The number of rotatable bonds is 8. The first kappa shape index (κ1) is 25.6. The van der Waals surface area contributed by atoms with Crippen LogP contribution in [0, 0.1) is 6.92 Å². The van der Waals surface area contributed by atoms with Crippen LogP contribution in [0.1, 0.15) is 22.8 Å². The Kier molecular flexibility index (Phi) is 8.19. The number of carbonyl (C=O) groups excluding carboxylic acids is 2. The van der Waals surface area contributed by atoms with Gasteiger partial charge in [-0.1, -0.05) is 53.0 Å². The van der Waals surface area contributed by atoms with Gasteiger partial charge in [0.05, 0.1) is 32.8 Å². The van der Waals surface area contributed by atoms with E-state index in [2.05, 4.69) is 5.32 Å². The molecule has 0 saturated carbocycles. The highest BCUT2D eigenvalue weighted by atomic mass is 35.5. The first-order valence-corrected chi connectivity index (χ1v) is 12.4. The SMILES string of the molecule is CCOC(=O)c1cc(NC(=O)CN(c2ccccc2Cl)S(=O)(=O)c2ccc(C)cc2)ccc1Cl. The van der Waals surface area contributed by atoms with Crippen LogP contribution in [0.3, 0.4) is 0 Å². The van der Waals surface area contributed by atoms with Crippen LogP contribution in [0.25, 0.3) is 0 Å². The highest BCUT2D eigenvalue weighted by molar-refractivity contribution is 7.92. The summed E-state index contributed by atoms with van der Waals surface area (Å²) in [5, 5.41) is 2.94. The van der Waals surface area contributed by atoms with E-state index in [1.807, 2.05) is 6.92 Å². The van der Waals surface area contributed by atoms with E-state index >= 15 is 0 Å². The summed E-state index contributed by atoms with van der Waals surface area (Å²) in [6.45, 7) is 3.11. The minimum atomic E-state index is -4.12. The molecule has 0 aromatic heterocycles. The fourth-order valence-corrected chi connectivity index (χ4v) is 5.01. The van der Waals surface area contributed by atoms with Crippen molar-refractivity contribution in [3.8, 4) is 0 Å². The van der Waals surface area contributed by atoms with Gasteiger partial charge in [-0.25, -0.2) is 13.2 Å². The quantitative estimate of drug-likeness (QED) is 0.406. The molecule has 0 saturated heterocycles. The molecule has 1 N–H and O–H groups in total. The van der Waals surface area contributed by atoms with Crippen molar-refractivity contribution >= 4 is 56.5 Å². The van der Waals surface area contributed by atoms with Crippen molar-refractivity contribution in [2.75, 3.05) is 22.8 Å². The van der Waals surface area contributed by atoms with Gasteiger partial charge in [0.2, 0.25) is 5.91 Å². The summed E-state index contributed by atoms with van der Waals surface area (Å²) < 4.78 is 32.8. The van der Waals surface area contributed by atoms with Gasteiger partial charge in [-0.05, 0) is 56.3 Å². The molecule has 0 heterocycles. The Labute approximate surface area is 208 Å². The molecule has 7 nitrogen and oxygen atoms in total. The third-order valence-corrected chi connectivity index (χ3v) is 7.19. The number of hydrogen-bond donors (Lipinski definition) is 1. The molecule has 0 radical (unpaired) electrons. The minimum Gasteiger partial charge on any atom is -0.462 e. The van der Waals surface area contributed by atoms with Gasteiger partial charge in [0, 0.05) is 5.69 Å². The maximum atomic E-state index is 13.5. The number of nitrogens with one attached hydrogen (secondary N) is 1. The molecular formula is C24H22Cl2N2O5S. The lowest BCUT2D eigenvalue weighted by Gasteiger charge is -2.25. The molecule has 3 aromatic carbocycles. The lowest BCUT2D eigenvalue weighted by molar-refractivity contribution is -0.114. The van der Waals surface area contributed by atoms with E-state index in [9.17, 15) is 18.0 Å². The van der Waals surface area contributed by atoms with E-state index in [4.69, 9.17) is 27.9 Å². The van der Waals surface area contributed by atoms with E-state index in [1.165, 1.54) is 42.5 Å². The Balaban J connectivity index is 1.93. The summed E-state index contributed by atoms with van der Waals surface area (Å²) >= 11 is 12.3. The summed E-state index contributed by atoms with van der Waals surface area (Å²) in [4.78, 5) is 25.0. The summed E-state index contributed by atoms with van der Waals surface area (Å²) in [5.74, 6) is -1.28. The van der Waals surface area contributed by atoms with E-state index < -0.39 is 28.4 Å². The number of benzene rings is 3. The van der Waals surface area contributed by atoms with Crippen LogP contribution in [0.15, 0.2) is 71.6 Å². The molecule has 0 aliphatic carbocycles. The average molecular weight is 521 g/mol. The minimum absolute atomic E-state index is 0.0157. The molecule has 0 aliphatic heterocycles. The Morgan fingerprint density at radius 1 is 0.971 bits per heavy atom. The molecular weight excluding hydrogens is 499 g/mol. The summed E-state index contributed by atoms with van der Waals surface area (Å²) in [7, 11) is -4.12. The number of amides is 1. The number of anilines is 2. The molecule has 178 valence electrons. The zero-order valence-corrected chi connectivity index (χ0v) is 20.7. The highest BCUT2D eigenvalue weighted by Crippen LogP contribution is 2.30. The van der Waals surface area contributed by atoms with Crippen molar-refractivity contribution in [2.45, 2.75) is 18.7 Å². The second-order valence-electron chi connectivity index (χ2n) is 7.24. The zero-order valence-electron chi connectivity index (χ0n) is 18.4. The van der Waals surface area contributed by atoms with Crippen LogP contribution in [-0.2, 0) is 19.6 Å². The van der Waals surface area contributed by atoms with Crippen LogP contribution in [-0.4, -0.2) is 33.4 Å². The Bertz CT molecular complexity index is 1310. The predicted molar refractivity (Wildman–Crippen MR) is 133 cm³/mol. The fraction of sp³-hybridized carbons (Fsp3) is 0.167. The Hall–Kier alpha value is -3.07. The summed E-state index contributed by atoms with van der Waals surface area (Å²) in [5.41, 5.74) is 1.38. The van der Waals surface area contributed by atoms with E-state index in [-0.39, 0.29) is 38.5 Å². The van der Waals surface area contributed by atoms with E-state index in [0.29, 0.717) is 0 Å². The molecule has 1 amide bonds. The van der Waals surface area contributed by atoms with Crippen molar-refractivity contribution < 1.29 is 22.7 Å². The van der Waals surface area contributed by atoms with Crippen LogP contribution in [0.4, 0.5) is 11.4 Å². The molecule has 0 spiro atoms. The normalized spacial score (nSPS) is 11.1. The Morgan fingerprint density at radius 3 is 2.29 bits per heavy atom. The van der Waals surface area contributed by atoms with Crippen LogP contribution in [0.5, 0.6) is 0 Å². The molecule has 0 atom stereocenters. The van der Waals surface area contributed by atoms with Gasteiger partial charge in [-0.3, -0.25) is 9.10 Å². The third kappa shape index (κ3) is 5.88. The van der Waals surface area contributed by atoms with Crippen molar-refractivity contribution in [2.24, 2.45) is 0 Å². The molecule has 0 fully saturated rings. The molecule has 3 rings (SSSR count). The van der Waals surface area contributed by atoms with E-state index in [0.717, 1.165) is 9.87 Å². The first-order valence-electron chi connectivity index (χ1n) is 10.2. The molecule has 34 heavy (non-hydrogen) atoms. The highest BCUT2D eigenvalue weighted by Gasteiger charge is 2.28. The molecule has 0 bridgehead atoms. The van der Waals surface area contributed by atoms with Gasteiger partial charge >= 0.3 is 5.97 Å². The standard InChI is InChI=1S/C24H22Cl2N2O5S/c1-3-33-24(30)19-14-17(10-13-20(19)25)27-23(29)15-28(22-7-5-4-6-21(22)26)34(31,32)18-11-8-16(2)9-12-18/h4-14H,3,15H2,1-2H3,(H,27,29). The maximum absolute atomic E-state index is 13.5. The molecule has 0 aliphatic rings. The van der Waals surface area contributed by atoms with Gasteiger partial charge in [-0.2, -0.15) is 0 Å². The number of aryl methyl sites for hydroxylation is 1. The van der Waals surface area contributed by atoms with Crippen LogP contribution < -0.4 is 9.62 Å². The van der Waals surface area contributed by atoms with Crippen LogP contribution in [0.2, 0.25) is 10.0 Å². The van der Waals surface area contributed by atoms with Gasteiger partial charge in [0.1, 0.15) is 6.54 Å². The van der Waals surface area contributed by atoms with Crippen molar-refractivity contribution in [3.63, 3.8) is 0 Å². The van der Waals surface area contributed by atoms with E-state index in [1.54, 1.807) is 31.2 Å². The molecule has 10 heteroatoms. The number of halogens is 2. The second-order valence-corrected chi connectivity index (χ2v) is 9.92. The topological polar surface area (TPSA) is 92.8 Å². The molecule has 0 unspecified atom stereocenters. The predicted octanol–water partition coefficient (Wildman–Crippen LogP) is 5.31.